The van der Waals surface area contributed by atoms with Crippen molar-refractivity contribution in [1.29, 1.82) is 0 Å². The average molecular weight is 237 g/mol. The third-order valence-electron chi connectivity index (χ3n) is 1.42. The van der Waals surface area contributed by atoms with Crippen LogP contribution in [0.1, 0.15) is 25.0 Å². The van der Waals surface area contributed by atoms with Gasteiger partial charge in [-0.1, -0.05) is 20.3 Å². The van der Waals surface area contributed by atoms with Crippen molar-refractivity contribution in [3.63, 3.8) is 0 Å². The molecule has 1 aromatic rings. The smallest absolute Gasteiger partial charge is 0 e. The van der Waals surface area contributed by atoms with Gasteiger partial charge in [0.05, 0.1) is 0 Å². The predicted molar refractivity (Wildman–Crippen MR) is 50.4 cm³/mol. The summed E-state index contributed by atoms with van der Waals surface area (Å²) in [5.74, 6) is 0. The molecule has 0 saturated carbocycles. The van der Waals surface area contributed by atoms with Crippen LogP contribution in [-0.4, -0.2) is 0 Å². The minimum Gasteiger partial charge on any atom is -0.346 e. The number of benzene rings is 1. The van der Waals surface area contributed by atoms with Crippen molar-refractivity contribution < 1.29 is 32.7 Å². The number of rotatable bonds is 1. The van der Waals surface area contributed by atoms with Crippen LogP contribution in [0.2, 0.25) is 0 Å². The van der Waals surface area contributed by atoms with Crippen LogP contribution in [-0.2, 0) is 39.1 Å². The normalized spacial score (nSPS) is 7.67. The third kappa shape index (κ3) is 5.91. The third-order valence-corrected chi connectivity index (χ3v) is 1.42. The van der Waals surface area contributed by atoms with E-state index >= 15 is 0 Å². The maximum atomic E-state index is 3.25. The first-order valence-corrected chi connectivity index (χ1v) is 4.01. The van der Waals surface area contributed by atoms with E-state index in [9.17, 15) is 0 Å². The van der Waals surface area contributed by atoms with Gasteiger partial charge in [0.1, 0.15) is 0 Å². The molecule has 0 aromatic heterocycles. The summed E-state index contributed by atoms with van der Waals surface area (Å²) in [4.78, 5) is 0. The van der Waals surface area contributed by atoms with Crippen LogP contribution in [0.15, 0.2) is 18.2 Å². The molecule has 0 aliphatic rings. The molecule has 0 amide bonds. The molecule has 65 valence electrons. The van der Waals surface area contributed by atoms with Gasteiger partial charge in [0.25, 0.3) is 0 Å². The fourth-order valence-electron chi connectivity index (χ4n) is 0.868. The molecule has 0 heterocycles. The molecule has 1 aromatic carbocycles. The molecule has 0 bridgehead atoms. The number of hydrogen-bond donors (Lipinski definition) is 0. The Morgan fingerprint density at radius 1 is 1.42 bits per heavy atom. The molecule has 0 saturated heterocycles. The Bertz CT molecular complexity index is 194. The van der Waals surface area contributed by atoms with Crippen molar-refractivity contribution in [2.24, 2.45) is 0 Å². The van der Waals surface area contributed by atoms with Gasteiger partial charge in [-0.15, -0.1) is 0 Å². The molecule has 1 heteroatoms. The Morgan fingerprint density at radius 3 is 2.33 bits per heavy atom. The number of hydrogen-bond acceptors (Lipinski definition) is 0. The van der Waals surface area contributed by atoms with Crippen molar-refractivity contribution in [2.45, 2.75) is 27.2 Å². The Hall–Kier alpha value is 0.324. The van der Waals surface area contributed by atoms with Gasteiger partial charge in [-0.3, -0.25) is 0 Å². The molecule has 0 aliphatic heterocycles. The van der Waals surface area contributed by atoms with E-state index in [1.54, 1.807) is 6.92 Å². The largest absolute Gasteiger partial charge is 0.346 e. The molecule has 0 fully saturated rings. The zero-order chi connectivity index (χ0) is 8.69. The van der Waals surface area contributed by atoms with E-state index in [-0.39, 0.29) is 32.7 Å². The van der Waals surface area contributed by atoms with Crippen LogP contribution in [0.5, 0.6) is 0 Å². The summed E-state index contributed by atoms with van der Waals surface area (Å²) < 4.78 is 0. The van der Waals surface area contributed by atoms with Crippen molar-refractivity contribution in [1.82, 2.24) is 0 Å². The van der Waals surface area contributed by atoms with Gasteiger partial charge >= 0.3 is 0 Å². The van der Waals surface area contributed by atoms with Gasteiger partial charge in [-0.05, 0) is 0 Å². The summed E-state index contributed by atoms with van der Waals surface area (Å²) in [7, 11) is 0. The monoisotopic (exact) mass is 237 g/mol. The van der Waals surface area contributed by atoms with Gasteiger partial charge in [-0.2, -0.15) is 42.3 Å². The molecule has 1 rings (SSSR count). The summed E-state index contributed by atoms with van der Waals surface area (Å²) in [6, 6.07) is 9.36. The Kier molecular flexibility index (Phi) is 11.6. The van der Waals surface area contributed by atoms with E-state index in [0.29, 0.717) is 0 Å². The van der Waals surface area contributed by atoms with Crippen LogP contribution in [0.3, 0.4) is 0 Å². The van der Waals surface area contributed by atoms with E-state index in [4.69, 9.17) is 0 Å². The SMILES string of the molecule is CCc1cc[c-]c(C)c1.[CH2-]C.[Y]. The Labute approximate surface area is 102 Å². The molecule has 0 unspecified atom stereocenters. The molecule has 12 heavy (non-hydrogen) atoms. The zero-order valence-electron chi connectivity index (χ0n) is 8.22. The van der Waals surface area contributed by atoms with E-state index in [1.165, 1.54) is 11.1 Å². The molecule has 0 N–H and O–H groups in total. The van der Waals surface area contributed by atoms with Crippen molar-refractivity contribution >= 4 is 0 Å². The Balaban J connectivity index is 0. The average Bonchev–Trinajstić information content (AvgIpc) is 2.08. The van der Waals surface area contributed by atoms with Gasteiger partial charge in [0, 0.05) is 32.7 Å². The first-order valence-electron chi connectivity index (χ1n) is 4.01. The standard InChI is InChI=1S/C9H11.C2H5.Y/c1-3-9-6-4-5-8(2)7-9;1-2;/h4,6-7H,3H2,1-2H3;1H2,2H3;/q2*-1;. The fourth-order valence-corrected chi connectivity index (χ4v) is 0.868. The van der Waals surface area contributed by atoms with Crippen molar-refractivity contribution in [3.05, 3.63) is 42.3 Å². The summed E-state index contributed by atoms with van der Waals surface area (Å²) in [5, 5.41) is 0. The summed E-state index contributed by atoms with van der Waals surface area (Å²) in [6.07, 6.45) is 1.12. The quantitative estimate of drug-likeness (QED) is 0.658. The minimum absolute atomic E-state index is 0. The van der Waals surface area contributed by atoms with Crippen LogP contribution in [0.4, 0.5) is 0 Å². The topological polar surface area (TPSA) is 0 Å². The summed E-state index contributed by atoms with van der Waals surface area (Å²) in [5.41, 5.74) is 2.63. The molecule has 0 nitrogen and oxygen atoms in total. The van der Waals surface area contributed by atoms with Gasteiger partial charge in [0.2, 0.25) is 0 Å². The molecular weight excluding hydrogens is 221 g/mol. The molecule has 0 spiro atoms. The molecule has 1 radical (unpaired) electrons. The first kappa shape index (κ1) is 14.8. The first-order chi connectivity index (χ1) is 5.33. The second kappa shape index (κ2) is 9.41. The second-order valence-electron chi connectivity index (χ2n) is 2.23. The zero-order valence-corrected chi connectivity index (χ0v) is 11.1. The van der Waals surface area contributed by atoms with Crippen LogP contribution >= 0.6 is 0 Å². The molecule has 0 atom stereocenters. The van der Waals surface area contributed by atoms with Crippen molar-refractivity contribution in [2.75, 3.05) is 0 Å². The van der Waals surface area contributed by atoms with E-state index in [1.807, 2.05) is 6.07 Å². The second-order valence-corrected chi connectivity index (χ2v) is 2.23. The fraction of sp³-hybridized carbons (Fsp3) is 0.364. The van der Waals surface area contributed by atoms with Gasteiger partial charge in [-0.25, -0.2) is 0 Å². The number of aryl methyl sites for hydroxylation is 2. The van der Waals surface area contributed by atoms with Crippen LogP contribution in [0, 0.1) is 19.9 Å². The van der Waals surface area contributed by atoms with Gasteiger partial charge < -0.3 is 6.92 Å². The maximum absolute atomic E-state index is 3.25. The van der Waals surface area contributed by atoms with Gasteiger partial charge in [0.15, 0.2) is 0 Å². The molecule has 0 aliphatic carbocycles. The summed E-state index contributed by atoms with van der Waals surface area (Å²) >= 11 is 0. The van der Waals surface area contributed by atoms with Crippen LogP contribution < -0.4 is 0 Å². The van der Waals surface area contributed by atoms with E-state index < -0.39 is 0 Å². The van der Waals surface area contributed by atoms with Crippen molar-refractivity contribution in [3.8, 4) is 0 Å². The minimum atomic E-state index is 0. The Morgan fingerprint density at radius 2 is 2.00 bits per heavy atom. The van der Waals surface area contributed by atoms with E-state index in [2.05, 4.69) is 39.0 Å². The predicted octanol–water partition coefficient (Wildman–Crippen LogP) is 3.20. The van der Waals surface area contributed by atoms with E-state index in [0.717, 1.165) is 6.42 Å². The summed E-state index contributed by atoms with van der Waals surface area (Å²) in [6.45, 7) is 9.23. The molecular formula is C11H16Y-2. The maximum Gasteiger partial charge on any atom is 0 e. The van der Waals surface area contributed by atoms with Crippen LogP contribution in [0.25, 0.3) is 0 Å².